The standard InChI is InChI=1S/C15H19N3OS/c1-2-15-18-13(10-20-15)7-8-17-14(19)9-11-3-5-12(16)6-4-11/h3-6,10H,2,7-9,16H2,1H3,(H,17,19). The maximum atomic E-state index is 11.8. The number of nitrogens with zero attached hydrogens (tertiary/aromatic N) is 1. The summed E-state index contributed by atoms with van der Waals surface area (Å²) in [6, 6.07) is 7.38. The molecule has 0 spiro atoms. The van der Waals surface area contributed by atoms with Crippen LogP contribution >= 0.6 is 11.3 Å². The molecule has 106 valence electrons. The van der Waals surface area contributed by atoms with E-state index < -0.39 is 0 Å². The first-order chi connectivity index (χ1) is 9.67. The van der Waals surface area contributed by atoms with Crippen molar-refractivity contribution in [2.75, 3.05) is 12.3 Å². The van der Waals surface area contributed by atoms with Gasteiger partial charge in [0.15, 0.2) is 0 Å². The van der Waals surface area contributed by atoms with Crippen molar-refractivity contribution < 1.29 is 4.79 Å². The third-order valence-electron chi connectivity index (χ3n) is 2.95. The molecular formula is C15H19N3OS. The second-order valence-electron chi connectivity index (χ2n) is 4.60. The smallest absolute Gasteiger partial charge is 0.224 e. The molecule has 0 bridgehead atoms. The van der Waals surface area contributed by atoms with Crippen LogP contribution in [-0.4, -0.2) is 17.4 Å². The Hall–Kier alpha value is -1.88. The fourth-order valence-corrected chi connectivity index (χ4v) is 2.62. The van der Waals surface area contributed by atoms with E-state index in [1.807, 2.05) is 24.3 Å². The molecule has 0 saturated heterocycles. The fraction of sp³-hybridized carbons (Fsp3) is 0.333. The molecule has 2 aromatic rings. The SMILES string of the molecule is CCc1nc(CCNC(=O)Cc2ccc(N)cc2)cs1. The number of nitrogen functional groups attached to an aromatic ring is 1. The number of amides is 1. The molecule has 2 rings (SSSR count). The van der Waals surface area contributed by atoms with E-state index in [1.54, 1.807) is 11.3 Å². The summed E-state index contributed by atoms with van der Waals surface area (Å²) in [7, 11) is 0. The zero-order valence-corrected chi connectivity index (χ0v) is 12.4. The van der Waals surface area contributed by atoms with Crippen LogP contribution in [-0.2, 0) is 24.1 Å². The predicted molar refractivity (Wildman–Crippen MR) is 82.8 cm³/mol. The number of hydrogen-bond donors (Lipinski definition) is 2. The van der Waals surface area contributed by atoms with E-state index in [9.17, 15) is 4.79 Å². The molecule has 0 fully saturated rings. The number of rotatable bonds is 6. The Kier molecular flexibility index (Phi) is 5.12. The van der Waals surface area contributed by atoms with Gasteiger partial charge in [-0.1, -0.05) is 19.1 Å². The number of carbonyl (C=O) groups excluding carboxylic acids is 1. The molecule has 0 aliphatic heterocycles. The van der Waals surface area contributed by atoms with Crippen LogP contribution in [0.2, 0.25) is 0 Å². The van der Waals surface area contributed by atoms with E-state index in [2.05, 4.69) is 22.6 Å². The van der Waals surface area contributed by atoms with Gasteiger partial charge in [-0.3, -0.25) is 4.79 Å². The summed E-state index contributed by atoms with van der Waals surface area (Å²) in [5.74, 6) is 0.0284. The number of benzene rings is 1. The highest BCUT2D eigenvalue weighted by molar-refractivity contribution is 7.09. The van der Waals surface area contributed by atoms with Gasteiger partial charge >= 0.3 is 0 Å². The van der Waals surface area contributed by atoms with Crippen molar-refractivity contribution >= 4 is 22.9 Å². The molecule has 20 heavy (non-hydrogen) atoms. The van der Waals surface area contributed by atoms with E-state index in [0.29, 0.717) is 18.7 Å². The summed E-state index contributed by atoms with van der Waals surface area (Å²) in [6.45, 7) is 2.72. The quantitative estimate of drug-likeness (QED) is 0.801. The Bertz CT molecular complexity index is 563. The summed E-state index contributed by atoms with van der Waals surface area (Å²) >= 11 is 1.68. The van der Waals surface area contributed by atoms with Crippen molar-refractivity contribution in [2.45, 2.75) is 26.2 Å². The van der Waals surface area contributed by atoms with Gasteiger partial charge in [-0.15, -0.1) is 11.3 Å². The number of aromatic nitrogens is 1. The highest BCUT2D eigenvalue weighted by atomic mass is 32.1. The van der Waals surface area contributed by atoms with Crippen LogP contribution in [0.4, 0.5) is 5.69 Å². The molecule has 1 amide bonds. The average molecular weight is 289 g/mol. The van der Waals surface area contributed by atoms with Crippen LogP contribution in [0, 0.1) is 0 Å². The Morgan fingerprint density at radius 3 is 2.75 bits per heavy atom. The third-order valence-corrected chi connectivity index (χ3v) is 3.99. The molecule has 1 aromatic heterocycles. The number of nitrogens with two attached hydrogens (primary N) is 1. The summed E-state index contributed by atoms with van der Waals surface area (Å²) in [5, 5.41) is 6.12. The van der Waals surface area contributed by atoms with Crippen LogP contribution < -0.4 is 11.1 Å². The lowest BCUT2D eigenvalue weighted by Gasteiger charge is -2.04. The largest absolute Gasteiger partial charge is 0.399 e. The zero-order chi connectivity index (χ0) is 14.4. The minimum Gasteiger partial charge on any atom is -0.399 e. The molecule has 0 unspecified atom stereocenters. The minimum absolute atomic E-state index is 0.0284. The second-order valence-corrected chi connectivity index (χ2v) is 5.55. The van der Waals surface area contributed by atoms with Crippen molar-refractivity contribution in [1.29, 1.82) is 0 Å². The minimum atomic E-state index is 0.0284. The van der Waals surface area contributed by atoms with Crippen LogP contribution in [0.25, 0.3) is 0 Å². The lowest BCUT2D eigenvalue weighted by atomic mass is 10.1. The van der Waals surface area contributed by atoms with Crippen molar-refractivity contribution in [3.8, 4) is 0 Å². The lowest BCUT2D eigenvalue weighted by molar-refractivity contribution is -0.120. The van der Waals surface area contributed by atoms with Gasteiger partial charge < -0.3 is 11.1 Å². The summed E-state index contributed by atoms with van der Waals surface area (Å²) in [4.78, 5) is 16.3. The number of thiazole rings is 1. The molecular weight excluding hydrogens is 270 g/mol. The summed E-state index contributed by atoms with van der Waals surface area (Å²) in [6.07, 6.45) is 2.13. The van der Waals surface area contributed by atoms with Gasteiger partial charge in [0, 0.05) is 24.0 Å². The van der Waals surface area contributed by atoms with Crippen LogP contribution in [0.3, 0.4) is 0 Å². The molecule has 3 N–H and O–H groups in total. The van der Waals surface area contributed by atoms with Gasteiger partial charge in [0.25, 0.3) is 0 Å². The van der Waals surface area contributed by atoms with E-state index in [1.165, 1.54) is 0 Å². The Morgan fingerprint density at radius 2 is 2.10 bits per heavy atom. The Balaban J connectivity index is 1.73. The number of aryl methyl sites for hydroxylation is 1. The number of anilines is 1. The van der Waals surface area contributed by atoms with Gasteiger partial charge in [0.05, 0.1) is 17.1 Å². The number of carbonyl (C=O) groups is 1. The average Bonchev–Trinajstić information content (AvgIpc) is 2.89. The van der Waals surface area contributed by atoms with Gasteiger partial charge in [0.1, 0.15) is 0 Å². The summed E-state index contributed by atoms with van der Waals surface area (Å²) < 4.78 is 0. The van der Waals surface area contributed by atoms with Crippen molar-refractivity contribution in [2.24, 2.45) is 0 Å². The Morgan fingerprint density at radius 1 is 1.35 bits per heavy atom. The van der Waals surface area contributed by atoms with Gasteiger partial charge in [-0.25, -0.2) is 4.98 Å². The van der Waals surface area contributed by atoms with Gasteiger partial charge in [-0.2, -0.15) is 0 Å². The van der Waals surface area contributed by atoms with Gasteiger partial charge in [-0.05, 0) is 24.1 Å². The molecule has 1 aromatic carbocycles. The van der Waals surface area contributed by atoms with Crippen molar-refractivity contribution in [1.82, 2.24) is 10.3 Å². The second kappa shape index (κ2) is 7.05. The lowest BCUT2D eigenvalue weighted by Crippen LogP contribution is -2.27. The van der Waals surface area contributed by atoms with Crippen molar-refractivity contribution in [3.63, 3.8) is 0 Å². The molecule has 5 heteroatoms. The molecule has 0 aliphatic carbocycles. The highest BCUT2D eigenvalue weighted by Crippen LogP contribution is 2.10. The first-order valence-corrected chi connectivity index (χ1v) is 7.59. The zero-order valence-electron chi connectivity index (χ0n) is 11.6. The molecule has 0 radical (unpaired) electrons. The monoisotopic (exact) mass is 289 g/mol. The molecule has 0 saturated carbocycles. The van der Waals surface area contributed by atoms with E-state index in [0.717, 1.165) is 29.1 Å². The summed E-state index contributed by atoms with van der Waals surface area (Å²) in [5.41, 5.74) is 8.35. The van der Waals surface area contributed by atoms with Crippen molar-refractivity contribution in [3.05, 3.63) is 45.9 Å². The van der Waals surface area contributed by atoms with E-state index in [4.69, 9.17) is 5.73 Å². The normalized spacial score (nSPS) is 10.4. The first kappa shape index (κ1) is 14.5. The fourth-order valence-electron chi connectivity index (χ4n) is 1.84. The van der Waals surface area contributed by atoms with Crippen LogP contribution in [0.15, 0.2) is 29.6 Å². The first-order valence-electron chi connectivity index (χ1n) is 6.71. The van der Waals surface area contributed by atoms with Gasteiger partial charge in [0.2, 0.25) is 5.91 Å². The molecule has 0 aliphatic rings. The topological polar surface area (TPSA) is 68.0 Å². The highest BCUT2D eigenvalue weighted by Gasteiger charge is 2.04. The van der Waals surface area contributed by atoms with Crippen LogP contribution in [0.1, 0.15) is 23.2 Å². The van der Waals surface area contributed by atoms with E-state index in [-0.39, 0.29) is 5.91 Å². The number of hydrogen-bond acceptors (Lipinski definition) is 4. The molecule has 4 nitrogen and oxygen atoms in total. The maximum Gasteiger partial charge on any atom is 0.224 e. The van der Waals surface area contributed by atoms with Crippen LogP contribution in [0.5, 0.6) is 0 Å². The molecule has 0 atom stereocenters. The predicted octanol–water partition coefficient (Wildman–Crippen LogP) is 2.19. The maximum absolute atomic E-state index is 11.8. The Labute approximate surface area is 123 Å². The third kappa shape index (κ3) is 4.35. The molecule has 1 heterocycles. The number of nitrogens with one attached hydrogen (secondary N) is 1. The van der Waals surface area contributed by atoms with E-state index >= 15 is 0 Å².